The van der Waals surface area contributed by atoms with E-state index in [2.05, 4.69) is 11.8 Å². The van der Waals surface area contributed by atoms with Crippen LogP contribution in [0.15, 0.2) is 0 Å². The van der Waals surface area contributed by atoms with E-state index in [-0.39, 0.29) is 6.54 Å². The Bertz CT molecular complexity index is 221. The maximum Gasteiger partial charge on any atom is 0.317 e. The lowest BCUT2D eigenvalue weighted by Crippen LogP contribution is -2.48. The van der Waals surface area contributed by atoms with Gasteiger partial charge < -0.3 is 10.0 Å². The van der Waals surface area contributed by atoms with Crippen LogP contribution in [0.2, 0.25) is 0 Å². The summed E-state index contributed by atoms with van der Waals surface area (Å²) in [6.45, 7) is 5.74. The molecule has 16 heavy (non-hydrogen) atoms. The van der Waals surface area contributed by atoms with Crippen molar-refractivity contribution in [3.05, 3.63) is 0 Å². The number of carbonyl (C=O) groups is 1. The van der Waals surface area contributed by atoms with Crippen molar-refractivity contribution in [1.29, 1.82) is 0 Å². The lowest BCUT2D eigenvalue weighted by atomic mass is 10.0. The molecule has 4 nitrogen and oxygen atoms in total. The molecule has 1 heterocycles. The van der Waals surface area contributed by atoms with Crippen molar-refractivity contribution in [3.8, 4) is 0 Å². The number of carboxylic acids is 1. The molecule has 0 aromatic heterocycles. The zero-order valence-electron chi connectivity index (χ0n) is 10.5. The molecule has 0 spiro atoms. The third-order valence-electron chi connectivity index (χ3n) is 3.32. The van der Waals surface area contributed by atoms with Crippen molar-refractivity contribution in [2.24, 2.45) is 0 Å². The average Bonchev–Trinajstić information content (AvgIpc) is 2.26. The van der Waals surface area contributed by atoms with Crippen molar-refractivity contribution in [1.82, 2.24) is 9.80 Å². The van der Waals surface area contributed by atoms with E-state index in [9.17, 15) is 4.79 Å². The summed E-state index contributed by atoms with van der Waals surface area (Å²) in [4.78, 5) is 15.1. The Labute approximate surface area is 98.2 Å². The number of carboxylic acid groups (broad SMARTS) is 1. The predicted octanol–water partition coefficient (Wildman–Crippen LogP) is 1.27. The zero-order chi connectivity index (χ0) is 12.0. The Hall–Kier alpha value is -0.610. The number of likely N-dealkylation sites (N-methyl/N-ethyl adjacent to an activating group) is 1. The summed E-state index contributed by atoms with van der Waals surface area (Å²) in [6.07, 6.45) is 4.80. The molecule has 1 aliphatic rings. The van der Waals surface area contributed by atoms with Crippen LogP contribution in [0.4, 0.5) is 0 Å². The largest absolute Gasteiger partial charge is 0.480 e. The predicted molar refractivity (Wildman–Crippen MR) is 64.6 cm³/mol. The van der Waals surface area contributed by atoms with Gasteiger partial charge in [-0.15, -0.1) is 0 Å². The molecule has 1 fully saturated rings. The van der Waals surface area contributed by atoms with Gasteiger partial charge in [0.05, 0.1) is 6.54 Å². The van der Waals surface area contributed by atoms with Crippen LogP contribution in [0.3, 0.4) is 0 Å². The van der Waals surface area contributed by atoms with Gasteiger partial charge >= 0.3 is 5.97 Å². The molecular weight excluding hydrogens is 204 g/mol. The van der Waals surface area contributed by atoms with Crippen LogP contribution < -0.4 is 0 Å². The van der Waals surface area contributed by atoms with Crippen LogP contribution in [0, 0.1) is 0 Å². The fourth-order valence-electron chi connectivity index (χ4n) is 2.32. The molecule has 1 aliphatic heterocycles. The van der Waals surface area contributed by atoms with Crippen LogP contribution in [-0.4, -0.2) is 60.1 Å². The first-order chi connectivity index (χ1) is 7.63. The summed E-state index contributed by atoms with van der Waals surface area (Å²) >= 11 is 0. The van der Waals surface area contributed by atoms with Crippen molar-refractivity contribution in [2.45, 2.75) is 38.6 Å². The summed E-state index contributed by atoms with van der Waals surface area (Å²) in [5, 5.41) is 8.77. The highest BCUT2D eigenvalue weighted by molar-refractivity contribution is 5.69. The van der Waals surface area contributed by atoms with E-state index in [0.717, 1.165) is 19.5 Å². The average molecular weight is 228 g/mol. The number of unbranched alkanes of at least 4 members (excludes halogenated alkanes) is 1. The van der Waals surface area contributed by atoms with E-state index in [4.69, 9.17) is 5.11 Å². The first kappa shape index (κ1) is 13.5. The molecule has 0 aliphatic carbocycles. The number of aliphatic carboxylic acids is 1. The summed E-state index contributed by atoms with van der Waals surface area (Å²) in [7, 11) is 1.92. The molecule has 1 rings (SSSR count). The van der Waals surface area contributed by atoms with Gasteiger partial charge in [-0.3, -0.25) is 9.69 Å². The van der Waals surface area contributed by atoms with Gasteiger partial charge in [-0.05, 0) is 39.4 Å². The third-order valence-corrected chi connectivity index (χ3v) is 3.32. The minimum absolute atomic E-state index is 0.159. The molecule has 0 bridgehead atoms. The first-order valence-electron chi connectivity index (χ1n) is 6.28. The molecule has 1 saturated heterocycles. The standard InChI is InChI=1S/C12H24N2O2/c1-3-4-7-14-8-5-6-11(9-14)13(2)10-12(15)16/h11H,3-10H2,1-2H3,(H,15,16). The molecule has 1 atom stereocenters. The van der Waals surface area contributed by atoms with Crippen LogP contribution in [0.5, 0.6) is 0 Å². The second kappa shape index (κ2) is 6.86. The van der Waals surface area contributed by atoms with E-state index in [1.54, 1.807) is 0 Å². The normalized spacial score (nSPS) is 22.6. The van der Waals surface area contributed by atoms with Gasteiger partial charge in [-0.25, -0.2) is 0 Å². The van der Waals surface area contributed by atoms with Gasteiger partial charge in [0.15, 0.2) is 0 Å². The van der Waals surface area contributed by atoms with Crippen LogP contribution in [0.25, 0.3) is 0 Å². The molecule has 1 unspecified atom stereocenters. The van der Waals surface area contributed by atoms with Crippen molar-refractivity contribution < 1.29 is 9.90 Å². The zero-order valence-corrected chi connectivity index (χ0v) is 10.5. The highest BCUT2D eigenvalue weighted by Crippen LogP contribution is 2.15. The molecule has 0 aromatic carbocycles. The fraction of sp³-hybridized carbons (Fsp3) is 0.917. The lowest BCUT2D eigenvalue weighted by molar-refractivity contribution is -0.138. The van der Waals surface area contributed by atoms with E-state index in [1.165, 1.54) is 25.8 Å². The molecule has 0 saturated carbocycles. The molecule has 0 radical (unpaired) electrons. The number of likely N-dealkylation sites (tertiary alicyclic amines) is 1. The molecule has 1 N–H and O–H groups in total. The summed E-state index contributed by atoms with van der Waals surface area (Å²) < 4.78 is 0. The van der Waals surface area contributed by atoms with Gasteiger partial charge in [-0.1, -0.05) is 13.3 Å². The van der Waals surface area contributed by atoms with Gasteiger partial charge in [-0.2, -0.15) is 0 Å². The molecule has 0 aromatic rings. The Morgan fingerprint density at radius 1 is 1.56 bits per heavy atom. The molecular formula is C12H24N2O2. The monoisotopic (exact) mass is 228 g/mol. The van der Waals surface area contributed by atoms with Gasteiger partial charge in [0, 0.05) is 12.6 Å². The summed E-state index contributed by atoms with van der Waals surface area (Å²) in [6, 6.07) is 0.418. The highest BCUT2D eigenvalue weighted by Gasteiger charge is 2.23. The summed E-state index contributed by atoms with van der Waals surface area (Å²) in [5.74, 6) is -0.729. The fourth-order valence-corrected chi connectivity index (χ4v) is 2.32. The SMILES string of the molecule is CCCCN1CCCC(N(C)CC(=O)O)C1. The highest BCUT2D eigenvalue weighted by atomic mass is 16.4. The van der Waals surface area contributed by atoms with E-state index >= 15 is 0 Å². The van der Waals surface area contributed by atoms with Crippen molar-refractivity contribution in [2.75, 3.05) is 33.2 Å². The number of nitrogens with zero attached hydrogens (tertiary/aromatic N) is 2. The second-order valence-electron chi connectivity index (χ2n) is 4.76. The number of rotatable bonds is 6. The van der Waals surface area contributed by atoms with Crippen LogP contribution in [-0.2, 0) is 4.79 Å². The topological polar surface area (TPSA) is 43.8 Å². The third kappa shape index (κ3) is 4.49. The Morgan fingerprint density at radius 3 is 2.94 bits per heavy atom. The van der Waals surface area contributed by atoms with E-state index in [0.29, 0.717) is 6.04 Å². The minimum Gasteiger partial charge on any atom is -0.480 e. The van der Waals surface area contributed by atoms with Gasteiger partial charge in [0.2, 0.25) is 0 Å². The molecule has 4 heteroatoms. The van der Waals surface area contributed by atoms with Gasteiger partial charge in [0.1, 0.15) is 0 Å². The minimum atomic E-state index is -0.729. The van der Waals surface area contributed by atoms with Crippen molar-refractivity contribution >= 4 is 5.97 Å². The van der Waals surface area contributed by atoms with E-state index in [1.807, 2.05) is 11.9 Å². The Kier molecular flexibility index (Phi) is 5.77. The summed E-state index contributed by atoms with van der Waals surface area (Å²) in [5.41, 5.74) is 0. The maximum absolute atomic E-state index is 10.7. The van der Waals surface area contributed by atoms with Crippen molar-refractivity contribution in [3.63, 3.8) is 0 Å². The number of hydrogen-bond donors (Lipinski definition) is 1. The smallest absolute Gasteiger partial charge is 0.317 e. The molecule has 0 amide bonds. The lowest BCUT2D eigenvalue weighted by Gasteiger charge is -2.37. The quantitative estimate of drug-likeness (QED) is 0.743. The van der Waals surface area contributed by atoms with Crippen LogP contribution >= 0.6 is 0 Å². The van der Waals surface area contributed by atoms with Crippen LogP contribution in [0.1, 0.15) is 32.6 Å². The second-order valence-corrected chi connectivity index (χ2v) is 4.76. The Morgan fingerprint density at radius 2 is 2.31 bits per heavy atom. The van der Waals surface area contributed by atoms with Gasteiger partial charge in [0.25, 0.3) is 0 Å². The van der Waals surface area contributed by atoms with E-state index < -0.39 is 5.97 Å². The number of piperidine rings is 1. The number of hydrogen-bond acceptors (Lipinski definition) is 3. The Balaban J connectivity index is 2.34. The first-order valence-corrected chi connectivity index (χ1v) is 6.28. The molecule has 94 valence electrons. The maximum atomic E-state index is 10.7.